The second-order valence-corrected chi connectivity index (χ2v) is 4.82. The van der Waals surface area contributed by atoms with Crippen molar-refractivity contribution in [3.05, 3.63) is 28.8 Å². The van der Waals surface area contributed by atoms with E-state index in [9.17, 15) is 0 Å². The number of rotatable bonds is 3. The minimum absolute atomic E-state index is 0.00960. The Morgan fingerprint density at radius 1 is 1.41 bits per heavy atom. The van der Waals surface area contributed by atoms with Gasteiger partial charge in [0, 0.05) is 18.9 Å². The molecule has 2 rings (SSSR count). The van der Waals surface area contributed by atoms with Crippen molar-refractivity contribution in [1.29, 1.82) is 0 Å². The van der Waals surface area contributed by atoms with Crippen LogP contribution >= 0.6 is 11.6 Å². The summed E-state index contributed by atoms with van der Waals surface area (Å²) in [5, 5.41) is 0.631. The van der Waals surface area contributed by atoms with Crippen LogP contribution in [0.15, 0.2) is 18.2 Å². The molecule has 17 heavy (non-hydrogen) atoms. The largest absolute Gasteiger partial charge is 0.489 e. The van der Waals surface area contributed by atoms with Gasteiger partial charge in [-0.25, -0.2) is 0 Å². The van der Waals surface area contributed by atoms with E-state index in [1.165, 1.54) is 0 Å². The summed E-state index contributed by atoms with van der Waals surface area (Å²) < 4.78 is 11.2. The van der Waals surface area contributed by atoms with Crippen molar-refractivity contribution in [2.24, 2.45) is 5.73 Å². The smallest absolute Gasteiger partial charge is 0.138 e. The highest BCUT2D eigenvalue weighted by molar-refractivity contribution is 6.32. The van der Waals surface area contributed by atoms with Crippen LogP contribution in [-0.2, 0) is 4.74 Å². The van der Waals surface area contributed by atoms with Gasteiger partial charge in [-0.15, -0.1) is 0 Å². The van der Waals surface area contributed by atoms with Crippen LogP contribution in [-0.4, -0.2) is 19.3 Å². The van der Waals surface area contributed by atoms with Crippen molar-refractivity contribution in [3.63, 3.8) is 0 Å². The van der Waals surface area contributed by atoms with Gasteiger partial charge in [0.05, 0.1) is 18.2 Å². The molecule has 0 spiro atoms. The molecule has 1 atom stereocenters. The fourth-order valence-corrected chi connectivity index (χ4v) is 2.10. The van der Waals surface area contributed by atoms with Gasteiger partial charge in [0.1, 0.15) is 11.9 Å². The standard InChI is InChI=1S/C13H18ClNO2/c1-9(15)10-2-3-13(12(14)8-10)17-11-4-6-16-7-5-11/h2-3,8-9,11H,4-7,15H2,1H3. The van der Waals surface area contributed by atoms with Gasteiger partial charge in [-0.2, -0.15) is 0 Å². The average Bonchev–Trinajstić information content (AvgIpc) is 2.33. The summed E-state index contributed by atoms with van der Waals surface area (Å²) in [5.41, 5.74) is 6.82. The molecule has 0 saturated carbocycles. The van der Waals surface area contributed by atoms with E-state index < -0.39 is 0 Å². The van der Waals surface area contributed by atoms with Crippen molar-refractivity contribution in [1.82, 2.24) is 0 Å². The Morgan fingerprint density at radius 2 is 2.12 bits per heavy atom. The lowest BCUT2D eigenvalue weighted by molar-refractivity contribution is 0.0256. The number of hydrogen-bond acceptors (Lipinski definition) is 3. The predicted molar refractivity (Wildman–Crippen MR) is 68.5 cm³/mol. The maximum absolute atomic E-state index is 6.18. The molecule has 1 unspecified atom stereocenters. The molecular weight excluding hydrogens is 238 g/mol. The van der Waals surface area contributed by atoms with Crippen LogP contribution in [0.4, 0.5) is 0 Å². The Hall–Kier alpha value is -0.770. The molecular formula is C13H18ClNO2. The first-order valence-corrected chi connectivity index (χ1v) is 6.34. The molecule has 0 aliphatic carbocycles. The van der Waals surface area contributed by atoms with Crippen LogP contribution in [0.1, 0.15) is 31.4 Å². The van der Waals surface area contributed by atoms with E-state index in [0.717, 1.165) is 37.4 Å². The third kappa shape index (κ3) is 3.35. The molecule has 1 fully saturated rings. The molecule has 0 bridgehead atoms. The van der Waals surface area contributed by atoms with E-state index in [1.54, 1.807) is 0 Å². The van der Waals surface area contributed by atoms with Gasteiger partial charge < -0.3 is 15.2 Å². The second kappa shape index (κ2) is 5.71. The molecule has 1 aromatic carbocycles. The first-order valence-electron chi connectivity index (χ1n) is 5.96. The highest BCUT2D eigenvalue weighted by atomic mass is 35.5. The van der Waals surface area contributed by atoms with Gasteiger partial charge >= 0.3 is 0 Å². The summed E-state index contributed by atoms with van der Waals surface area (Å²) in [6.45, 7) is 3.46. The van der Waals surface area contributed by atoms with E-state index >= 15 is 0 Å². The summed E-state index contributed by atoms with van der Waals surface area (Å²) in [6, 6.07) is 5.73. The molecule has 0 radical (unpaired) electrons. The zero-order valence-electron chi connectivity index (χ0n) is 9.99. The molecule has 0 aromatic heterocycles. The van der Waals surface area contributed by atoms with Gasteiger partial charge in [0.2, 0.25) is 0 Å². The van der Waals surface area contributed by atoms with Crippen molar-refractivity contribution >= 4 is 11.6 Å². The number of benzene rings is 1. The third-order valence-corrected chi connectivity index (χ3v) is 3.24. The third-order valence-electron chi connectivity index (χ3n) is 2.94. The van der Waals surface area contributed by atoms with Gasteiger partial charge in [-0.05, 0) is 24.6 Å². The van der Waals surface area contributed by atoms with Gasteiger partial charge in [0.15, 0.2) is 0 Å². The minimum atomic E-state index is -0.00960. The van der Waals surface area contributed by atoms with Crippen molar-refractivity contribution in [2.75, 3.05) is 13.2 Å². The lowest BCUT2D eigenvalue weighted by atomic mass is 10.1. The summed E-state index contributed by atoms with van der Waals surface area (Å²) >= 11 is 6.18. The molecule has 2 N–H and O–H groups in total. The Bertz CT molecular complexity index is 376. The monoisotopic (exact) mass is 255 g/mol. The maximum Gasteiger partial charge on any atom is 0.138 e. The second-order valence-electron chi connectivity index (χ2n) is 4.41. The highest BCUT2D eigenvalue weighted by Gasteiger charge is 2.16. The SMILES string of the molecule is CC(N)c1ccc(OC2CCOCC2)c(Cl)c1. The van der Waals surface area contributed by atoms with Crippen LogP contribution in [0.3, 0.4) is 0 Å². The van der Waals surface area contributed by atoms with Crippen molar-refractivity contribution in [2.45, 2.75) is 31.9 Å². The molecule has 1 aliphatic heterocycles. The summed E-state index contributed by atoms with van der Waals surface area (Å²) in [4.78, 5) is 0. The quantitative estimate of drug-likeness (QED) is 0.903. The van der Waals surface area contributed by atoms with Crippen LogP contribution in [0.25, 0.3) is 0 Å². The summed E-state index contributed by atoms with van der Waals surface area (Å²) in [6.07, 6.45) is 2.05. The predicted octanol–water partition coefficient (Wildman–Crippen LogP) is 2.92. The van der Waals surface area contributed by atoms with Gasteiger partial charge in [0.25, 0.3) is 0 Å². The summed E-state index contributed by atoms with van der Waals surface area (Å²) in [7, 11) is 0. The maximum atomic E-state index is 6.18. The van der Waals surface area contributed by atoms with Crippen LogP contribution in [0.5, 0.6) is 5.75 Å². The molecule has 0 amide bonds. The van der Waals surface area contributed by atoms with Crippen LogP contribution in [0.2, 0.25) is 5.02 Å². The fraction of sp³-hybridized carbons (Fsp3) is 0.538. The van der Waals surface area contributed by atoms with Crippen LogP contribution < -0.4 is 10.5 Å². The van der Waals surface area contributed by atoms with Gasteiger partial charge in [-0.1, -0.05) is 17.7 Å². The molecule has 1 aliphatic rings. The summed E-state index contributed by atoms with van der Waals surface area (Å²) in [5.74, 6) is 0.739. The first-order chi connectivity index (χ1) is 8.16. The lowest BCUT2D eigenvalue weighted by Crippen LogP contribution is -2.26. The van der Waals surface area contributed by atoms with E-state index in [4.69, 9.17) is 26.8 Å². The van der Waals surface area contributed by atoms with Crippen molar-refractivity contribution in [3.8, 4) is 5.75 Å². The Kier molecular flexibility index (Phi) is 4.26. The zero-order valence-corrected chi connectivity index (χ0v) is 10.7. The highest BCUT2D eigenvalue weighted by Crippen LogP contribution is 2.29. The fourth-order valence-electron chi connectivity index (χ4n) is 1.87. The van der Waals surface area contributed by atoms with Gasteiger partial charge in [-0.3, -0.25) is 0 Å². The lowest BCUT2D eigenvalue weighted by Gasteiger charge is -2.24. The molecule has 1 aromatic rings. The normalized spacial score (nSPS) is 19.0. The molecule has 4 heteroatoms. The molecule has 94 valence electrons. The number of halogens is 1. The van der Waals surface area contributed by atoms with Crippen LogP contribution in [0, 0.1) is 0 Å². The Labute approximate surface area is 107 Å². The van der Waals surface area contributed by atoms with E-state index in [1.807, 2.05) is 25.1 Å². The molecule has 3 nitrogen and oxygen atoms in total. The minimum Gasteiger partial charge on any atom is -0.489 e. The van der Waals surface area contributed by atoms with E-state index in [0.29, 0.717) is 5.02 Å². The number of ether oxygens (including phenoxy) is 2. The number of nitrogens with two attached hydrogens (primary N) is 1. The van der Waals surface area contributed by atoms with E-state index in [-0.39, 0.29) is 12.1 Å². The zero-order chi connectivity index (χ0) is 12.3. The first kappa shape index (κ1) is 12.7. The Balaban J connectivity index is 2.05. The van der Waals surface area contributed by atoms with Crippen molar-refractivity contribution < 1.29 is 9.47 Å². The molecule has 1 heterocycles. The Morgan fingerprint density at radius 3 is 2.71 bits per heavy atom. The van der Waals surface area contributed by atoms with E-state index in [2.05, 4.69) is 0 Å². The number of hydrogen-bond donors (Lipinski definition) is 1. The topological polar surface area (TPSA) is 44.5 Å². The molecule has 1 saturated heterocycles. The average molecular weight is 256 g/mol.